The highest BCUT2D eigenvalue weighted by molar-refractivity contribution is 7.80. The molecule has 1 amide bonds. The first kappa shape index (κ1) is 14.1. The third kappa shape index (κ3) is 3.00. The number of amides is 1. The number of halogens is 1. The lowest BCUT2D eigenvalue weighted by Gasteiger charge is -2.10. The van der Waals surface area contributed by atoms with Gasteiger partial charge in [-0.2, -0.15) is 0 Å². The van der Waals surface area contributed by atoms with E-state index in [1.807, 2.05) is 6.92 Å². The molecule has 0 saturated heterocycles. The largest absolute Gasteiger partial charge is 0.389 e. The number of nitrogens with one attached hydrogen (secondary N) is 1. The summed E-state index contributed by atoms with van der Waals surface area (Å²) in [5, 5.41) is 2.67. The van der Waals surface area contributed by atoms with Gasteiger partial charge in [0.2, 0.25) is 0 Å². The number of rotatable bonds is 3. The maximum absolute atomic E-state index is 13.5. The van der Waals surface area contributed by atoms with Crippen LogP contribution in [-0.4, -0.2) is 10.9 Å². The maximum Gasteiger partial charge on any atom is 0.258 e. The third-order valence-corrected chi connectivity index (χ3v) is 3.12. The normalized spacial score (nSPS) is 10.1. The van der Waals surface area contributed by atoms with Crippen LogP contribution in [0.15, 0.2) is 42.5 Å². The number of aryl methyl sites for hydroxylation is 1. The van der Waals surface area contributed by atoms with Gasteiger partial charge in [-0.05, 0) is 30.7 Å². The minimum atomic E-state index is -0.562. The van der Waals surface area contributed by atoms with Gasteiger partial charge in [-0.1, -0.05) is 36.5 Å². The van der Waals surface area contributed by atoms with Crippen LogP contribution in [0.1, 0.15) is 21.5 Å². The molecule has 5 heteroatoms. The van der Waals surface area contributed by atoms with E-state index in [2.05, 4.69) is 5.32 Å². The Balaban J connectivity index is 2.30. The molecule has 0 aliphatic heterocycles. The van der Waals surface area contributed by atoms with E-state index in [4.69, 9.17) is 18.0 Å². The fraction of sp³-hybridized carbons (Fsp3) is 0.0667. The number of hydrogen-bond donors (Lipinski definition) is 2. The summed E-state index contributed by atoms with van der Waals surface area (Å²) in [6.45, 7) is 1.83. The Morgan fingerprint density at radius 3 is 2.60 bits per heavy atom. The van der Waals surface area contributed by atoms with Crippen LogP contribution in [0.3, 0.4) is 0 Å². The topological polar surface area (TPSA) is 55.1 Å². The number of carbonyl (C=O) groups excluding carboxylic acids is 1. The lowest BCUT2D eigenvalue weighted by molar-refractivity contribution is 0.102. The predicted octanol–water partition coefficient (Wildman–Crippen LogP) is 3.02. The molecule has 102 valence electrons. The Kier molecular flexibility index (Phi) is 4.10. The van der Waals surface area contributed by atoms with E-state index in [0.29, 0.717) is 11.3 Å². The van der Waals surface area contributed by atoms with E-state index in [1.165, 1.54) is 18.2 Å². The number of carbonyl (C=O) groups is 1. The molecule has 3 N–H and O–H groups in total. The second-order valence-electron chi connectivity index (χ2n) is 4.33. The smallest absolute Gasteiger partial charge is 0.258 e. The molecule has 0 saturated carbocycles. The molecule has 2 aromatic carbocycles. The van der Waals surface area contributed by atoms with Gasteiger partial charge in [0.15, 0.2) is 0 Å². The van der Waals surface area contributed by atoms with Gasteiger partial charge in [-0.3, -0.25) is 4.79 Å². The second-order valence-corrected chi connectivity index (χ2v) is 4.77. The van der Waals surface area contributed by atoms with Gasteiger partial charge in [0.05, 0.1) is 5.56 Å². The summed E-state index contributed by atoms with van der Waals surface area (Å²) in [7, 11) is 0. The molecule has 0 unspecified atom stereocenters. The van der Waals surface area contributed by atoms with Crippen LogP contribution in [0.2, 0.25) is 0 Å². The van der Waals surface area contributed by atoms with E-state index >= 15 is 0 Å². The first-order valence-electron chi connectivity index (χ1n) is 5.95. The lowest BCUT2D eigenvalue weighted by Crippen LogP contribution is -2.16. The Bertz CT molecular complexity index is 685. The molecule has 0 heterocycles. The van der Waals surface area contributed by atoms with E-state index in [0.717, 1.165) is 5.56 Å². The van der Waals surface area contributed by atoms with Crippen molar-refractivity contribution >= 4 is 28.8 Å². The van der Waals surface area contributed by atoms with Crippen LogP contribution in [0, 0.1) is 12.7 Å². The minimum absolute atomic E-state index is 0.00683. The van der Waals surface area contributed by atoms with Gasteiger partial charge >= 0.3 is 0 Å². The zero-order valence-electron chi connectivity index (χ0n) is 10.8. The van der Waals surface area contributed by atoms with E-state index in [1.54, 1.807) is 24.3 Å². The van der Waals surface area contributed by atoms with Crippen LogP contribution in [0.5, 0.6) is 0 Å². The van der Waals surface area contributed by atoms with Crippen LogP contribution in [-0.2, 0) is 0 Å². The molecule has 0 radical (unpaired) electrons. The molecule has 0 atom stereocenters. The van der Waals surface area contributed by atoms with Crippen molar-refractivity contribution in [3.8, 4) is 0 Å². The van der Waals surface area contributed by atoms with Gasteiger partial charge in [0, 0.05) is 11.3 Å². The number of thiocarbonyl (C=S) groups is 1. The molecule has 3 nitrogen and oxygen atoms in total. The number of benzene rings is 2. The standard InChI is InChI=1S/C15H13FN2OS/c1-9-6-7-10(14(17)20)8-13(9)18-15(19)11-4-2-3-5-12(11)16/h2-8H,1H3,(H2,17,20)(H,18,19). The van der Waals surface area contributed by atoms with Crippen LogP contribution >= 0.6 is 12.2 Å². The number of nitrogens with two attached hydrogens (primary N) is 1. The van der Waals surface area contributed by atoms with E-state index < -0.39 is 11.7 Å². The number of hydrogen-bond acceptors (Lipinski definition) is 2. The molecule has 0 spiro atoms. The highest BCUT2D eigenvalue weighted by Crippen LogP contribution is 2.18. The minimum Gasteiger partial charge on any atom is -0.389 e. The highest BCUT2D eigenvalue weighted by atomic mass is 32.1. The molecule has 0 bridgehead atoms. The van der Waals surface area contributed by atoms with Gasteiger partial charge in [-0.15, -0.1) is 0 Å². The molecular weight excluding hydrogens is 275 g/mol. The first-order valence-corrected chi connectivity index (χ1v) is 6.36. The fourth-order valence-electron chi connectivity index (χ4n) is 1.74. The Labute approximate surface area is 121 Å². The Morgan fingerprint density at radius 1 is 1.25 bits per heavy atom. The zero-order chi connectivity index (χ0) is 14.7. The summed E-state index contributed by atoms with van der Waals surface area (Å²) in [6.07, 6.45) is 0. The Hall–Kier alpha value is -2.27. The summed E-state index contributed by atoms with van der Waals surface area (Å²) < 4.78 is 13.5. The van der Waals surface area contributed by atoms with Crippen molar-refractivity contribution in [3.63, 3.8) is 0 Å². The van der Waals surface area contributed by atoms with Gasteiger partial charge in [0.1, 0.15) is 10.8 Å². The molecule has 20 heavy (non-hydrogen) atoms. The quantitative estimate of drug-likeness (QED) is 0.854. The molecule has 0 aliphatic carbocycles. The summed E-state index contributed by atoms with van der Waals surface area (Å²) in [5.41, 5.74) is 7.60. The highest BCUT2D eigenvalue weighted by Gasteiger charge is 2.12. The molecule has 0 aromatic heterocycles. The van der Waals surface area contributed by atoms with Crippen molar-refractivity contribution in [1.82, 2.24) is 0 Å². The monoisotopic (exact) mass is 288 g/mol. The third-order valence-electron chi connectivity index (χ3n) is 2.89. The molecule has 2 aromatic rings. The average molecular weight is 288 g/mol. The molecule has 0 fully saturated rings. The summed E-state index contributed by atoms with van der Waals surface area (Å²) in [6, 6.07) is 11.1. The van der Waals surface area contributed by atoms with Crippen molar-refractivity contribution in [2.24, 2.45) is 5.73 Å². The van der Waals surface area contributed by atoms with Crippen LogP contribution in [0.4, 0.5) is 10.1 Å². The van der Waals surface area contributed by atoms with Crippen LogP contribution in [0.25, 0.3) is 0 Å². The zero-order valence-corrected chi connectivity index (χ0v) is 11.6. The summed E-state index contributed by atoms with van der Waals surface area (Å²) in [5.74, 6) is -1.07. The maximum atomic E-state index is 13.5. The van der Waals surface area contributed by atoms with Gasteiger partial charge < -0.3 is 11.1 Å². The van der Waals surface area contributed by atoms with Crippen molar-refractivity contribution in [3.05, 3.63) is 65.0 Å². The fourth-order valence-corrected chi connectivity index (χ4v) is 1.87. The molecule has 2 rings (SSSR count). The van der Waals surface area contributed by atoms with E-state index in [9.17, 15) is 9.18 Å². The van der Waals surface area contributed by atoms with Crippen molar-refractivity contribution in [2.45, 2.75) is 6.92 Å². The van der Waals surface area contributed by atoms with Crippen LogP contribution < -0.4 is 11.1 Å². The molecular formula is C15H13FN2OS. The van der Waals surface area contributed by atoms with Crippen molar-refractivity contribution in [1.29, 1.82) is 0 Å². The summed E-state index contributed by atoms with van der Waals surface area (Å²) >= 11 is 4.90. The van der Waals surface area contributed by atoms with Crippen molar-refractivity contribution < 1.29 is 9.18 Å². The molecule has 0 aliphatic rings. The Morgan fingerprint density at radius 2 is 1.95 bits per heavy atom. The van der Waals surface area contributed by atoms with Gasteiger partial charge in [-0.25, -0.2) is 4.39 Å². The lowest BCUT2D eigenvalue weighted by atomic mass is 10.1. The number of anilines is 1. The second kappa shape index (κ2) is 5.79. The van der Waals surface area contributed by atoms with Crippen molar-refractivity contribution in [2.75, 3.05) is 5.32 Å². The summed E-state index contributed by atoms with van der Waals surface area (Å²) in [4.78, 5) is 12.3. The van der Waals surface area contributed by atoms with E-state index in [-0.39, 0.29) is 10.6 Å². The first-order chi connectivity index (χ1) is 9.49. The predicted molar refractivity (Wildman–Crippen MR) is 81.4 cm³/mol. The SMILES string of the molecule is Cc1ccc(C(N)=S)cc1NC(=O)c1ccccc1F. The average Bonchev–Trinajstić information content (AvgIpc) is 2.41. The van der Waals surface area contributed by atoms with Gasteiger partial charge in [0.25, 0.3) is 5.91 Å².